The second-order valence-electron chi connectivity index (χ2n) is 5.91. The summed E-state index contributed by atoms with van der Waals surface area (Å²) in [6, 6.07) is 10.2. The van der Waals surface area contributed by atoms with E-state index in [0.29, 0.717) is 6.04 Å². The predicted molar refractivity (Wildman–Crippen MR) is 93.7 cm³/mol. The largest absolute Gasteiger partial charge is 0.336 e. The summed E-state index contributed by atoms with van der Waals surface area (Å²) in [6.45, 7) is 1.73. The molecule has 1 aliphatic rings. The molecule has 1 atom stereocenters. The van der Waals surface area contributed by atoms with Crippen molar-refractivity contribution in [3.63, 3.8) is 0 Å². The lowest BCUT2D eigenvalue weighted by Crippen LogP contribution is -2.44. The third-order valence-electron chi connectivity index (χ3n) is 4.48. The van der Waals surface area contributed by atoms with Crippen LogP contribution in [-0.4, -0.2) is 39.4 Å². The molecule has 1 unspecified atom stereocenters. The minimum atomic E-state index is 0.181. The molecule has 23 heavy (non-hydrogen) atoms. The lowest BCUT2D eigenvalue weighted by molar-refractivity contribution is 0.0590. The van der Waals surface area contributed by atoms with Crippen LogP contribution in [-0.2, 0) is 6.54 Å². The van der Waals surface area contributed by atoms with Crippen LogP contribution in [0.4, 0.5) is 0 Å². The van der Waals surface area contributed by atoms with Crippen molar-refractivity contribution in [1.29, 1.82) is 0 Å². The SMILES string of the molecule is CSc1ccccc1C(=O)N1CCCCC1CCn1cccn1. The lowest BCUT2D eigenvalue weighted by atomic mass is 9.98. The summed E-state index contributed by atoms with van der Waals surface area (Å²) in [6.07, 6.45) is 10.2. The molecule has 1 aromatic carbocycles. The van der Waals surface area contributed by atoms with Crippen molar-refractivity contribution in [2.75, 3.05) is 12.8 Å². The molecule has 3 rings (SSSR count). The van der Waals surface area contributed by atoms with Crippen molar-refractivity contribution in [3.8, 4) is 0 Å². The van der Waals surface area contributed by atoms with Gasteiger partial charge in [-0.2, -0.15) is 5.10 Å². The van der Waals surface area contributed by atoms with Crippen LogP contribution in [0.2, 0.25) is 0 Å². The molecule has 5 heteroatoms. The fourth-order valence-corrected chi connectivity index (χ4v) is 3.85. The zero-order valence-corrected chi connectivity index (χ0v) is 14.3. The molecule has 0 aliphatic carbocycles. The maximum atomic E-state index is 13.0. The number of thioether (sulfide) groups is 1. The van der Waals surface area contributed by atoms with E-state index in [-0.39, 0.29) is 5.91 Å². The molecule has 1 aliphatic heterocycles. The average Bonchev–Trinajstić information content (AvgIpc) is 3.13. The Morgan fingerprint density at radius 2 is 2.17 bits per heavy atom. The van der Waals surface area contributed by atoms with Crippen LogP contribution in [0, 0.1) is 0 Å². The van der Waals surface area contributed by atoms with E-state index >= 15 is 0 Å². The Morgan fingerprint density at radius 3 is 2.96 bits per heavy atom. The summed E-state index contributed by atoms with van der Waals surface area (Å²) in [7, 11) is 0. The minimum Gasteiger partial charge on any atom is -0.336 e. The van der Waals surface area contributed by atoms with Gasteiger partial charge in [0.15, 0.2) is 0 Å². The first-order valence-electron chi connectivity index (χ1n) is 8.21. The Kier molecular flexibility index (Phi) is 5.39. The molecule has 0 bridgehead atoms. The van der Waals surface area contributed by atoms with E-state index < -0.39 is 0 Å². The van der Waals surface area contributed by atoms with Crippen LogP contribution < -0.4 is 0 Å². The van der Waals surface area contributed by atoms with E-state index in [0.717, 1.165) is 42.8 Å². The Bertz CT molecular complexity index is 641. The Morgan fingerprint density at radius 1 is 1.30 bits per heavy atom. The third kappa shape index (κ3) is 3.78. The van der Waals surface area contributed by atoms with Crippen molar-refractivity contribution >= 4 is 17.7 Å². The van der Waals surface area contributed by atoms with Gasteiger partial charge in [0.1, 0.15) is 0 Å². The minimum absolute atomic E-state index is 0.181. The first-order valence-corrected chi connectivity index (χ1v) is 9.43. The van der Waals surface area contributed by atoms with Crippen LogP contribution in [0.5, 0.6) is 0 Å². The number of aryl methyl sites for hydroxylation is 1. The molecule has 0 radical (unpaired) electrons. The van der Waals surface area contributed by atoms with Crippen LogP contribution in [0.3, 0.4) is 0 Å². The molecule has 2 aromatic rings. The van der Waals surface area contributed by atoms with Crippen molar-refractivity contribution in [3.05, 3.63) is 48.3 Å². The summed E-state index contributed by atoms with van der Waals surface area (Å²) in [5, 5.41) is 4.27. The van der Waals surface area contributed by atoms with E-state index in [2.05, 4.69) is 10.00 Å². The topological polar surface area (TPSA) is 38.1 Å². The average molecular weight is 329 g/mol. The molecule has 2 heterocycles. The van der Waals surface area contributed by atoms with E-state index in [4.69, 9.17) is 0 Å². The number of hydrogen-bond acceptors (Lipinski definition) is 3. The molecule has 122 valence electrons. The number of hydrogen-bond donors (Lipinski definition) is 0. The van der Waals surface area contributed by atoms with Gasteiger partial charge in [0, 0.05) is 36.4 Å². The van der Waals surface area contributed by atoms with E-state index in [1.54, 1.807) is 18.0 Å². The van der Waals surface area contributed by atoms with Gasteiger partial charge in [0.05, 0.1) is 5.56 Å². The summed E-state index contributed by atoms with van der Waals surface area (Å²) in [5.41, 5.74) is 0.839. The number of benzene rings is 1. The highest BCUT2D eigenvalue weighted by Gasteiger charge is 2.28. The van der Waals surface area contributed by atoms with Crippen molar-refractivity contribution in [2.24, 2.45) is 0 Å². The summed E-state index contributed by atoms with van der Waals surface area (Å²) in [4.78, 5) is 16.2. The van der Waals surface area contributed by atoms with E-state index in [9.17, 15) is 4.79 Å². The molecule has 1 saturated heterocycles. The number of carbonyl (C=O) groups is 1. The second kappa shape index (κ2) is 7.68. The number of rotatable bonds is 5. The molecular formula is C18H23N3OS. The second-order valence-corrected chi connectivity index (χ2v) is 6.75. The lowest BCUT2D eigenvalue weighted by Gasteiger charge is -2.36. The number of carbonyl (C=O) groups excluding carboxylic acids is 1. The monoisotopic (exact) mass is 329 g/mol. The first kappa shape index (κ1) is 16.1. The number of aromatic nitrogens is 2. The fourth-order valence-electron chi connectivity index (χ4n) is 3.26. The zero-order chi connectivity index (χ0) is 16.1. The Balaban J connectivity index is 1.73. The number of amides is 1. The van der Waals surface area contributed by atoms with E-state index in [1.807, 2.05) is 47.5 Å². The molecule has 4 nitrogen and oxygen atoms in total. The van der Waals surface area contributed by atoms with Gasteiger partial charge in [0.25, 0.3) is 5.91 Å². The standard InChI is InChI=1S/C18H23N3OS/c1-23-17-9-3-2-8-16(17)18(22)21-13-5-4-7-15(21)10-14-20-12-6-11-19-20/h2-3,6,8-9,11-12,15H,4-5,7,10,13-14H2,1H3. The van der Waals surface area contributed by atoms with Crippen LogP contribution in [0.1, 0.15) is 36.0 Å². The van der Waals surface area contributed by atoms with Gasteiger partial charge < -0.3 is 4.90 Å². The smallest absolute Gasteiger partial charge is 0.255 e. The molecule has 0 saturated carbocycles. The van der Waals surface area contributed by atoms with Gasteiger partial charge >= 0.3 is 0 Å². The zero-order valence-electron chi connectivity index (χ0n) is 13.5. The van der Waals surface area contributed by atoms with Gasteiger partial charge in [-0.05, 0) is 50.1 Å². The third-order valence-corrected chi connectivity index (χ3v) is 5.27. The van der Waals surface area contributed by atoms with Crippen molar-refractivity contribution in [1.82, 2.24) is 14.7 Å². The normalized spacial score (nSPS) is 18.1. The van der Waals surface area contributed by atoms with E-state index in [1.165, 1.54) is 6.42 Å². The molecule has 1 aromatic heterocycles. The molecule has 0 N–H and O–H groups in total. The Labute approximate surface area is 141 Å². The predicted octanol–water partition coefficient (Wildman–Crippen LogP) is 3.69. The highest BCUT2D eigenvalue weighted by molar-refractivity contribution is 7.98. The summed E-state index contributed by atoms with van der Waals surface area (Å²) < 4.78 is 1.95. The maximum Gasteiger partial charge on any atom is 0.255 e. The van der Waals surface area contributed by atoms with Gasteiger partial charge in [-0.25, -0.2) is 0 Å². The Hall–Kier alpha value is -1.75. The number of likely N-dealkylation sites (tertiary alicyclic amines) is 1. The number of nitrogens with zero attached hydrogens (tertiary/aromatic N) is 3. The van der Waals surface area contributed by atoms with Crippen LogP contribution in [0.25, 0.3) is 0 Å². The molecule has 1 fully saturated rings. The molecular weight excluding hydrogens is 306 g/mol. The van der Waals surface area contributed by atoms with Crippen LogP contribution in [0.15, 0.2) is 47.6 Å². The molecule has 0 spiro atoms. The summed E-state index contributed by atoms with van der Waals surface area (Å²) in [5.74, 6) is 0.181. The molecule has 1 amide bonds. The fraction of sp³-hybridized carbons (Fsp3) is 0.444. The van der Waals surface area contributed by atoms with Gasteiger partial charge in [-0.3, -0.25) is 9.48 Å². The van der Waals surface area contributed by atoms with Crippen LogP contribution >= 0.6 is 11.8 Å². The van der Waals surface area contributed by atoms with Gasteiger partial charge in [-0.1, -0.05) is 12.1 Å². The van der Waals surface area contributed by atoms with Gasteiger partial charge in [-0.15, -0.1) is 11.8 Å². The van der Waals surface area contributed by atoms with Crippen molar-refractivity contribution in [2.45, 2.75) is 43.2 Å². The van der Waals surface area contributed by atoms with Crippen molar-refractivity contribution < 1.29 is 4.79 Å². The number of piperidine rings is 1. The highest BCUT2D eigenvalue weighted by Crippen LogP contribution is 2.26. The highest BCUT2D eigenvalue weighted by atomic mass is 32.2. The maximum absolute atomic E-state index is 13.0. The quantitative estimate of drug-likeness (QED) is 0.785. The van der Waals surface area contributed by atoms with Gasteiger partial charge in [0.2, 0.25) is 0 Å². The first-order chi connectivity index (χ1) is 11.3. The summed E-state index contributed by atoms with van der Waals surface area (Å²) >= 11 is 1.64.